The van der Waals surface area contributed by atoms with Crippen LogP contribution in [0.2, 0.25) is 0 Å². The predicted octanol–water partition coefficient (Wildman–Crippen LogP) is 0.570. The molecule has 0 unspecified atom stereocenters. The Morgan fingerprint density at radius 3 is 1.81 bits per heavy atom. The van der Waals surface area contributed by atoms with Crippen LogP contribution in [0.25, 0.3) is 0 Å². The number of hydrogen-bond acceptors (Lipinski definition) is 8. The number of aryl methyl sites for hydroxylation is 1. The van der Waals surface area contributed by atoms with E-state index < -0.39 is 31.3 Å². The molecule has 0 radical (unpaired) electrons. The largest absolute Gasteiger partial charge is 0.741 e. The summed E-state index contributed by atoms with van der Waals surface area (Å²) in [6, 6.07) is 8.28. The van der Waals surface area contributed by atoms with Gasteiger partial charge in [0.15, 0.2) is 37.8 Å². The number of alkyl halides is 6. The lowest BCUT2D eigenvalue weighted by atomic mass is 10.00. The molecule has 0 saturated heterocycles. The lowest BCUT2D eigenvalue weighted by molar-refractivity contribution is -0.735. The van der Waals surface area contributed by atoms with Gasteiger partial charge in [-0.15, -0.1) is 0 Å². The van der Waals surface area contributed by atoms with E-state index in [4.69, 9.17) is 25.9 Å². The Balaban J connectivity index is 0.000000510. The van der Waals surface area contributed by atoms with Crippen LogP contribution in [0.1, 0.15) is 17.5 Å². The Bertz CT molecular complexity index is 992. The highest BCUT2D eigenvalue weighted by atomic mass is 32.2. The Hall–Kier alpha value is -1.47. The molecule has 0 saturated carbocycles. The molecule has 1 heterocycles. The number of fused-ring (bicyclic) bond motifs is 1. The zero-order chi connectivity index (χ0) is 25.4. The van der Waals surface area contributed by atoms with Gasteiger partial charge in [-0.25, -0.2) is 16.8 Å². The van der Waals surface area contributed by atoms with E-state index >= 15 is 0 Å². The molecule has 2 N–H and O–H groups in total. The quantitative estimate of drug-likeness (QED) is 0.0905. The lowest BCUT2D eigenvalue weighted by Crippen LogP contribution is -2.71. The van der Waals surface area contributed by atoms with Crippen LogP contribution in [-0.2, 0) is 38.0 Å². The fourth-order valence-electron chi connectivity index (χ4n) is 1.86. The van der Waals surface area contributed by atoms with Crippen molar-refractivity contribution in [2.45, 2.75) is 23.9 Å². The summed E-state index contributed by atoms with van der Waals surface area (Å²) < 4.78 is 119. The first kappa shape index (κ1) is 30.5. The molecular formula is C14H15F6NO7S4. The van der Waals surface area contributed by atoms with Crippen LogP contribution in [0.3, 0.4) is 0 Å². The standard InChI is InChI=1S/C12H13NOS2.2CHF3O3S/c1-15-12-11(13-14)10-7-3-2-5-9(10)6-4-8-16-12;2*2-1(3,4)8(5,6)7/h2-3,5,7H,4,6,8H2,1H3;2*(H,5,6,7)/b13-11+;;. The van der Waals surface area contributed by atoms with Crippen molar-refractivity contribution in [3.8, 4) is 0 Å². The fraction of sp³-hybridized carbons (Fsp3) is 0.429. The molecule has 1 aliphatic heterocycles. The van der Waals surface area contributed by atoms with Crippen LogP contribution < -0.4 is 5.16 Å². The van der Waals surface area contributed by atoms with E-state index in [1.54, 1.807) is 11.4 Å². The number of thioether (sulfide) groups is 1. The second kappa shape index (κ2) is 12.1. The molecule has 2 rings (SSSR count). The van der Waals surface area contributed by atoms with Crippen LogP contribution in [-0.4, -0.2) is 64.1 Å². The minimum atomic E-state index is -6.09. The maximum absolute atomic E-state index is 10.7. The molecule has 8 nitrogen and oxygen atoms in total. The van der Waals surface area contributed by atoms with Gasteiger partial charge in [-0.05, 0) is 29.6 Å². The maximum Gasteiger partial charge on any atom is 0.485 e. The second-order valence-corrected chi connectivity index (χ2v) is 10.3. The monoisotopic (exact) mass is 551 g/mol. The van der Waals surface area contributed by atoms with Crippen molar-refractivity contribution in [2.75, 3.05) is 12.0 Å². The zero-order valence-corrected chi connectivity index (χ0v) is 19.0. The first-order chi connectivity index (χ1) is 14.4. The van der Waals surface area contributed by atoms with E-state index in [1.165, 1.54) is 12.0 Å². The summed E-state index contributed by atoms with van der Waals surface area (Å²) >= 11 is 3.50. The van der Waals surface area contributed by atoms with Crippen LogP contribution in [0.4, 0.5) is 26.3 Å². The minimum Gasteiger partial charge on any atom is -0.741 e. The normalized spacial score (nSPS) is 17.8. The Kier molecular flexibility index (Phi) is 11.6. The first-order valence-electron chi connectivity index (χ1n) is 7.80. The van der Waals surface area contributed by atoms with E-state index in [1.807, 2.05) is 24.1 Å². The molecule has 1 aromatic carbocycles. The summed E-state index contributed by atoms with van der Waals surface area (Å²) in [6.07, 6.45) is 4.31. The number of hydrogen-bond donors (Lipinski definition) is 2. The fourth-order valence-corrected chi connectivity index (χ4v) is 3.71. The predicted molar refractivity (Wildman–Crippen MR) is 104 cm³/mol. The highest BCUT2D eigenvalue weighted by Crippen LogP contribution is 2.21. The zero-order valence-electron chi connectivity index (χ0n) is 15.7. The lowest BCUT2D eigenvalue weighted by Gasteiger charge is -2.09. The second-order valence-electron chi connectivity index (χ2n) is 5.39. The molecule has 0 spiro atoms. The van der Waals surface area contributed by atoms with Crippen LogP contribution in [0, 0.1) is 0 Å². The minimum absolute atomic E-state index is 0.854. The summed E-state index contributed by atoms with van der Waals surface area (Å²) in [5.41, 5.74) is -8.00. The van der Waals surface area contributed by atoms with E-state index in [0.29, 0.717) is 0 Å². The Labute approximate surface area is 187 Å². The Morgan fingerprint density at radius 1 is 1.00 bits per heavy atom. The van der Waals surface area contributed by atoms with Gasteiger partial charge in [-0.2, -0.15) is 26.3 Å². The molecule has 1 aromatic rings. The molecule has 0 fully saturated rings. The number of benzene rings is 1. The summed E-state index contributed by atoms with van der Waals surface area (Å²) in [5, 5.41) is 11.7. The van der Waals surface area contributed by atoms with Gasteiger partial charge < -0.3 is 9.11 Å². The van der Waals surface area contributed by atoms with Crippen LogP contribution in [0.5, 0.6) is 0 Å². The molecule has 18 heteroatoms. The summed E-state index contributed by atoms with van der Waals surface area (Å²) in [7, 11) is -12.2. The average Bonchev–Trinajstić information content (AvgIpc) is 2.60. The van der Waals surface area contributed by atoms with E-state index in [2.05, 4.69) is 23.4 Å². The van der Waals surface area contributed by atoms with Gasteiger partial charge in [0.1, 0.15) is 0 Å². The van der Waals surface area contributed by atoms with Crippen molar-refractivity contribution in [1.82, 2.24) is 0 Å². The van der Waals surface area contributed by atoms with Gasteiger partial charge in [0.25, 0.3) is 0 Å². The number of nitrogens with one attached hydrogen (secondary N) is 1. The Morgan fingerprint density at radius 2 is 1.44 bits per heavy atom. The van der Waals surface area contributed by atoms with Crippen LogP contribution in [0.15, 0.2) is 24.3 Å². The third kappa shape index (κ3) is 9.99. The van der Waals surface area contributed by atoms with E-state index in [0.717, 1.165) is 27.6 Å². The molecule has 0 amide bonds. The summed E-state index contributed by atoms with van der Waals surface area (Å²) in [4.78, 5) is 0. The van der Waals surface area contributed by atoms with Gasteiger partial charge in [0.2, 0.25) is 0 Å². The topological polar surface area (TPSA) is 149 Å². The highest BCUT2D eigenvalue weighted by Gasteiger charge is 2.37. The number of halogens is 6. The van der Waals surface area contributed by atoms with Crippen molar-refractivity contribution in [3.05, 3.63) is 35.4 Å². The van der Waals surface area contributed by atoms with Crippen molar-refractivity contribution in [3.63, 3.8) is 0 Å². The van der Waals surface area contributed by atoms with Gasteiger partial charge in [-0.3, -0.25) is 5.21 Å². The molecule has 1 aliphatic rings. The summed E-state index contributed by atoms with van der Waals surface area (Å²) in [5.74, 6) is 1.11. The maximum atomic E-state index is 10.7. The van der Waals surface area contributed by atoms with Gasteiger partial charge in [0.05, 0.1) is 5.56 Å². The van der Waals surface area contributed by atoms with Crippen molar-refractivity contribution < 1.29 is 62.6 Å². The SMILES string of the molecule is C[S+]=C1SCCCc2ccccc2/C1=[NH+]\O.O=S(=O)([O-])C(F)(F)F.O=S(=O)([O-])C(F)(F)F. The van der Waals surface area contributed by atoms with Gasteiger partial charge in [-0.1, -0.05) is 30.0 Å². The molecule has 0 aromatic heterocycles. The van der Waals surface area contributed by atoms with Crippen molar-refractivity contribution >= 4 is 53.3 Å². The van der Waals surface area contributed by atoms with E-state index in [9.17, 15) is 31.5 Å². The third-order valence-electron chi connectivity index (χ3n) is 3.18. The molecule has 0 bridgehead atoms. The van der Waals surface area contributed by atoms with Gasteiger partial charge >= 0.3 is 20.9 Å². The highest BCUT2D eigenvalue weighted by molar-refractivity contribution is 8.24. The third-order valence-corrected chi connectivity index (χ3v) is 6.70. The summed E-state index contributed by atoms with van der Waals surface area (Å²) in [6.45, 7) is 0. The van der Waals surface area contributed by atoms with Gasteiger partial charge in [0, 0.05) is 5.75 Å². The average molecular weight is 552 g/mol. The molecule has 0 atom stereocenters. The van der Waals surface area contributed by atoms with E-state index in [-0.39, 0.29) is 0 Å². The van der Waals surface area contributed by atoms with Crippen molar-refractivity contribution in [2.24, 2.45) is 0 Å². The molecule has 32 heavy (non-hydrogen) atoms. The molecule has 184 valence electrons. The smallest absolute Gasteiger partial charge is 0.485 e. The molecular weight excluding hydrogens is 536 g/mol. The number of rotatable bonds is 0. The van der Waals surface area contributed by atoms with Crippen LogP contribution >= 0.6 is 11.8 Å². The molecule has 0 aliphatic carbocycles. The first-order valence-corrected chi connectivity index (χ1v) is 12.8. The van der Waals surface area contributed by atoms with Crippen molar-refractivity contribution in [1.29, 1.82) is 0 Å².